The number of nitrogens with one attached hydrogen (secondary N) is 1. The van der Waals surface area contributed by atoms with Gasteiger partial charge in [-0.05, 0) is 52.3 Å². The molecule has 0 radical (unpaired) electrons. The zero-order chi connectivity index (χ0) is 18.8. The van der Waals surface area contributed by atoms with Crippen LogP contribution in [0.3, 0.4) is 0 Å². The highest BCUT2D eigenvalue weighted by Crippen LogP contribution is 2.34. The van der Waals surface area contributed by atoms with Gasteiger partial charge in [-0.25, -0.2) is 0 Å². The SMILES string of the molecule is CCn1cc(CN2CCC(c3[nH]ncc3-c3cccc(C)c3)CC2)c(C)n1. The van der Waals surface area contributed by atoms with Gasteiger partial charge in [0.25, 0.3) is 0 Å². The summed E-state index contributed by atoms with van der Waals surface area (Å²) < 4.78 is 2.04. The fourth-order valence-corrected chi connectivity index (χ4v) is 4.15. The molecule has 0 saturated carbocycles. The van der Waals surface area contributed by atoms with Gasteiger partial charge in [-0.3, -0.25) is 14.7 Å². The minimum absolute atomic E-state index is 0.554. The number of hydrogen-bond acceptors (Lipinski definition) is 3. The lowest BCUT2D eigenvalue weighted by Crippen LogP contribution is -2.32. The molecular formula is C22H29N5. The molecule has 4 rings (SSSR count). The molecule has 5 heteroatoms. The van der Waals surface area contributed by atoms with E-state index in [1.54, 1.807) is 0 Å². The van der Waals surface area contributed by atoms with Crippen molar-refractivity contribution in [3.63, 3.8) is 0 Å². The zero-order valence-corrected chi connectivity index (χ0v) is 16.6. The number of piperidine rings is 1. The molecule has 1 aliphatic heterocycles. The summed E-state index contributed by atoms with van der Waals surface area (Å²) in [6.45, 7) is 10.6. The number of aryl methyl sites for hydroxylation is 3. The summed E-state index contributed by atoms with van der Waals surface area (Å²) in [5.41, 5.74) is 7.64. The molecule has 1 aromatic carbocycles. The number of aromatic amines is 1. The van der Waals surface area contributed by atoms with Gasteiger partial charge in [-0.2, -0.15) is 10.2 Å². The highest BCUT2D eigenvalue weighted by molar-refractivity contribution is 5.66. The predicted octanol–water partition coefficient (Wildman–Crippen LogP) is 4.29. The van der Waals surface area contributed by atoms with Crippen molar-refractivity contribution in [1.29, 1.82) is 0 Å². The van der Waals surface area contributed by atoms with E-state index in [0.717, 1.165) is 31.9 Å². The van der Waals surface area contributed by atoms with Crippen molar-refractivity contribution in [2.24, 2.45) is 0 Å². The van der Waals surface area contributed by atoms with E-state index >= 15 is 0 Å². The number of likely N-dealkylation sites (tertiary alicyclic amines) is 1. The van der Waals surface area contributed by atoms with E-state index in [2.05, 4.69) is 71.4 Å². The van der Waals surface area contributed by atoms with Crippen molar-refractivity contribution >= 4 is 0 Å². The first-order valence-electron chi connectivity index (χ1n) is 9.99. The third-order valence-electron chi connectivity index (χ3n) is 5.76. The second kappa shape index (κ2) is 7.69. The average molecular weight is 364 g/mol. The van der Waals surface area contributed by atoms with Gasteiger partial charge in [0.2, 0.25) is 0 Å². The molecule has 5 nitrogen and oxygen atoms in total. The second-order valence-corrected chi connectivity index (χ2v) is 7.71. The minimum atomic E-state index is 0.554. The average Bonchev–Trinajstić information content (AvgIpc) is 3.29. The molecule has 0 atom stereocenters. The lowest BCUT2D eigenvalue weighted by atomic mass is 9.89. The van der Waals surface area contributed by atoms with Crippen molar-refractivity contribution in [2.45, 2.75) is 52.6 Å². The van der Waals surface area contributed by atoms with Crippen LogP contribution >= 0.6 is 0 Å². The molecule has 27 heavy (non-hydrogen) atoms. The van der Waals surface area contributed by atoms with Crippen LogP contribution in [0.1, 0.15) is 48.2 Å². The first-order chi connectivity index (χ1) is 13.1. The highest BCUT2D eigenvalue weighted by atomic mass is 15.3. The minimum Gasteiger partial charge on any atom is -0.299 e. The van der Waals surface area contributed by atoms with Gasteiger partial charge in [-0.15, -0.1) is 0 Å². The van der Waals surface area contributed by atoms with Crippen LogP contribution in [0.25, 0.3) is 11.1 Å². The first kappa shape index (κ1) is 18.0. The van der Waals surface area contributed by atoms with Gasteiger partial charge in [0.05, 0.1) is 11.9 Å². The second-order valence-electron chi connectivity index (χ2n) is 7.71. The van der Waals surface area contributed by atoms with E-state index in [-0.39, 0.29) is 0 Å². The highest BCUT2D eigenvalue weighted by Gasteiger charge is 2.25. The summed E-state index contributed by atoms with van der Waals surface area (Å²) in [4.78, 5) is 2.56. The predicted molar refractivity (Wildman–Crippen MR) is 109 cm³/mol. The van der Waals surface area contributed by atoms with Crippen LogP contribution < -0.4 is 0 Å². The van der Waals surface area contributed by atoms with Gasteiger partial charge in [0.15, 0.2) is 0 Å². The largest absolute Gasteiger partial charge is 0.299 e. The number of nitrogens with zero attached hydrogens (tertiary/aromatic N) is 4. The Morgan fingerprint density at radius 2 is 2.00 bits per heavy atom. The van der Waals surface area contributed by atoms with Crippen molar-refractivity contribution < 1.29 is 0 Å². The van der Waals surface area contributed by atoms with E-state index in [9.17, 15) is 0 Å². The Balaban J connectivity index is 1.43. The lowest BCUT2D eigenvalue weighted by molar-refractivity contribution is 0.203. The van der Waals surface area contributed by atoms with Crippen LogP contribution in [-0.4, -0.2) is 38.0 Å². The Kier molecular flexibility index (Phi) is 5.12. The number of benzene rings is 1. The Hall–Kier alpha value is -2.40. The summed E-state index contributed by atoms with van der Waals surface area (Å²) in [6.07, 6.45) is 6.52. The van der Waals surface area contributed by atoms with E-state index in [1.807, 2.05) is 10.9 Å². The lowest BCUT2D eigenvalue weighted by Gasteiger charge is -2.31. The van der Waals surface area contributed by atoms with Crippen LogP contribution in [0, 0.1) is 13.8 Å². The van der Waals surface area contributed by atoms with Gasteiger partial charge >= 0.3 is 0 Å². The van der Waals surface area contributed by atoms with Gasteiger partial charge in [0, 0.05) is 42.0 Å². The summed E-state index contributed by atoms with van der Waals surface area (Å²) >= 11 is 0. The molecule has 0 bridgehead atoms. The number of H-pyrrole nitrogens is 1. The third-order valence-corrected chi connectivity index (χ3v) is 5.76. The van der Waals surface area contributed by atoms with Crippen LogP contribution in [0.4, 0.5) is 0 Å². The number of rotatable bonds is 5. The fraction of sp³-hybridized carbons (Fsp3) is 0.455. The van der Waals surface area contributed by atoms with Crippen molar-refractivity contribution in [1.82, 2.24) is 24.9 Å². The quantitative estimate of drug-likeness (QED) is 0.736. The molecule has 1 saturated heterocycles. The molecule has 3 heterocycles. The van der Waals surface area contributed by atoms with Crippen molar-refractivity contribution in [2.75, 3.05) is 13.1 Å². The van der Waals surface area contributed by atoms with Crippen molar-refractivity contribution in [3.8, 4) is 11.1 Å². The fourth-order valence-electron chi connectivity index (χ4n) is 4.15. The Labute approximate surface area is 161 Å². The Morgan fingerprint density at radius 1 is 1.19 bits per heavy atom. The van der Waals surface area contributed by atoms with Gasteiger partial charge < -0.3 is 0 Å². The molecule has 0 aliphatic carbocycles. The Morgan fingerprint density at radius 3 is 2.70 bits per heavy atom. The molecule has 142 valence electrons. The van der Waals surface area contributed by atoms with E-state index in [4.69, 9.17) is 0 Å². The maximum Gasteiger partial charge on any atom is 0.0638 e. The molecule has 0 amide bonds. The monoisotopic (exact) mass is 363 g/mol. The summed E-state index contributed by atoms with van der Waals surface area (Å²) in [5, 5.41) is 12.2. The number of aromatic nitrogens is 4. The summed E-state index contributed by atoms with van der Waals surface area (Å²) in [7, 11) is 0. The zero-order valence-electron chi connectivity index (χ0n) is 16.6. The molecule has 0 spiro atoms. The topological polar surface area (TPSA) is 49.7 Å². The number of hydrogen-bond donors (Lipinski definition) is 1. The summed E-state index contributed by atoms with van der Waals surface area (Å²) in [5.74, 6) is 0.554. The van der Waals surface area contributed by atoms with Crippen LogP contribution in [0.15, 0.2) is 36.7 Å². The first-order valence-corrected chi connectivity index (χ1v) is 9.99. The standard InChI is InChI=1S/C22H29N5/c1-4-27-15-20(17(3)25-27)14-26-10-8-18(9-11-26)22-21(13-23-24-22)19-7-5-6-16(2)12-19/h5-7,12-13,15,18H,4,8-11,14H2,1-3H3,(H,23,24). The third kappa shape index (κ3) is 3.83. The molecule has 2 aromatic heterocycles. The van der Waals surface area contributed by atoms with E-state index in [0.29, 0.717) is 5.92 Å². The van der Waals surface area contributed by atoms with Crippen molar-refractivity contribution in [3.05, 3.63) is 59.2 Å². The molecule has 1 fully saturated rings. The van der Waals surface area contributed by atoms with Crippen LogP contribution in [0.2, 0.25) is 0 Å². The molecular weight excluding hydrogens is 334 g/mol. The summed E-state index contributed by atoms with van der Waals surface area (Å²) in [6, 6.07) is 8.70. The van der Waals surface area contributed by atoms with Crippen LogP contribution in [0.5, 0.6) is 0 Å². The van der Waals surface area contributed by atoms with Gasteiger partial charge in [-0.1, -0.05) is 29.8 Å². The molecule has 0 unspecified atom stereocenters. The van der Waals surface area contributed by atoms with E-state index in [1.165, 1.54) is 40.8 Å². The molecule has 1 N–H and O–H groups in total. The smallest absolute Gasteiger partial charge is 0.0638 e. The maximum atomic E-state index is 4.58. The van der Waals surface area contributed by atoms with Crippen LogP contribution in [-0.2, 0) is 13.1 Å². The normalized spacial score (nSPS) is 16.1. The maximum absolute atomic E-state index is 4.58. The van der Waals surface area contributed by atoms with E-state index < -0.39 is 0 Å². The molecule has 3 aromatic rings. The van der Waals surface area contributed by atoms with Gasteiger partial charge in [0.1, 0.15) is 0 Å². The molecule has 1 aliphatic rings. The Bertz CT molecular complexity index is 899.